The highest BCUT2D eigenvalue weighted by Gasteiger charge is 2.27. The first-order valence-electron chi connectivity index (χ1n) is 8.34. The van der Waals surface area contributed by atoms with E-state index in [1.165, 1.54) is 5.56 Å². The van der Waals surface area contributed by atoms with Crippen molar-refractivity contribution < 1.29 is 9.59 Å². The van der Waals surface area contributed by atoms with Crippen molar-refractivity contribution in [2.45, 2.75) is 38.0 Å². The van der Waals surface area contributed by atoms with Gasteiger partial charge in [-0.3, -0.25) is 9.59 Å². The first-order valence-corrected chi connectivity index (χ1v) is 8.34. The van der Waals surface area contributed by atoms with Gasteiger partial charge in [0.2, 0.25) is 11.8 Å². The summed E-state index contributed by atoms with van der Waals surface area (Å²) in [7, 11) is 0. The van der Waals surface area contributed by atoms with Crippen LogP contribution in [-0.4, -0.2) is 47.8 Å². The Hall–Kier alpha value is -1.84. The summed E-state index contributed by atoms with van der Waals surface area (Å²) in [6.45, 7) is 2.67. The number of hydrogen-bond acceptors (Lipinski definition) is 2. The smallest absolute Gasteiger partial charge is 0.242 e. The van der Waals surface area contributed by atoms with Crippen molar-refractivity contribution >= 4 is 11.8 Å². The fraction of sp³-hybridized carbons (Fsp3) is 0.556. The van der Waals surface area contributed by atoms with Crippen molar-refractivity contribution in [2.75, 3.05) is 26.2 Å². The molecule has 0 radical (unpaired) electrons. The second-order valence-corrected chi connectivity index (χ2v) is 6.34. The Morgan fingerprint density at radius 2 is 1.77 bits per heavy atom. The normalized spacial score (nSPS) is 22.7. The molecule has 0 saturated carbocycles. The van der Waals surface area contributed by atoms with Gasteiger partial charge in [-0.05, 0) is 37.2 Å². The average Bonchev–Trinajstić information content (AvgIpc) is 3.02. The van der Waals surface area contributed by atoms with Gasteiger partial charge in [0.05, 0.1) is 6.54 Å². The lowest BCUT2D eigenvalue weighted by molar-refractivity contribution is -0.139. The van der Waals surface area contributed by atoms with Crippen LogP contribution in [0.3, 0.4) is 0 Å². The number of likely N-dealkylation sites (tertiary alicyclic amines) is 2. The van der Waals surface area contributed by atoms with E-state index in [2.05, 4.69) is 24.3 Å². The van der Waals surface area contributed by atoms with Crippen LogP contribution in [0.5, 0.6) is 0 Å². The van der Waals surface area contributed by atoms with Crippen molar-refractivity contribution in [3.63, 3.8) is 0 Å². The molecule has 2 saturated heterocycles. The highest BCUT2D eigenvalue weighted by atomic mass is 16.2. The van der Waals surface area contributed by atoms with Crippen LogP contribution in [-0.2, 0) is 9.59 Å². The van der Waals surface area contributed by atoms with Gasteiger partial charge in [0.15, 0.2) is 0 Å². The number of amides is 2. The molecule has 0 spiro atoms. The Bertz CT molecular complexity index is 523. The standard InChI is InChI=1S/C18H24N2O2/c21-17-9-8-16(15-6-2-1-3-7-15)10-13-20(17)14-18(22)19-11-4-5-12-19/h1-3,6-7,16H,4-5,8-14H2. The Morgan fingerprint density at radius 3 is 2.50 bits per heavy atom. The molecule has 1 atom stereocenters. The summed E-state index contributed by atoms with van der Waals surface area (Å²) in [5, 5.41) is 0. The second-order valence-electron chi connectivity index (χ2n) is 6.34. The van der Waals surface area contributed by atoms with E-state index in [0.717, 1.165) is 38.8 Å². The molecule has 2 aliphatic rings. The minimum absolute atomic E-state index is 0.115. The number of nitrogens with zero attached hydrogens (tertiary/aromatic N) is 2. The predicted molar refractivity (Wildman–Crippen MR) is 85.4 cm³/mol. The Balaban J connectivity index is 1.60. The van der Waals surface area contributed by atoms with Gasteiger partial charge in [0.1, 0.15) is 0 Å². The Labute approximate surface area is 132 Å². The number of carbonyl (C=O) groups excluding carboxylic acids is 2. The fourth-order valence-corrected chi connectivity index (χ4v) is 3.49. The summed E-state index contributed by atoms with van der Waals surface area (Å²) in [4.78, 5) is 28.2. The van der Waals surface area contributed by atoms with Crippen LogP contribution in [0.15, 0.2) is 30.3 Å². The molecular formula is C18H24N2O2. The maximum atomic E-state index is 12.3. The van der Waals surface area contributed by atoms with Gasteiger partial charge in [0, 0.05) is 26.1 Å². The zero-order valence-electron chi connectivity index (χ0n) is 13.0. The van der Waals surface area contributed by atoms with Crippen molar-refractivity contribution in [1.82, 2.24) is 9.80 Å². The zero-order chi connectivity index (χ0) is 15.4. The van der Waals surface area contributed by atoms with Gasteiger partial charge in [-0.15, -0.1) is 0 Å². The summed E-state index contributed by atoms with van der Waals surface area (Å²) in [6.07, 6.45) is 4.57. The minimum atomic E-state index is 0.115. The van der Waals surface area contributed by atoms with Gasteiger partial charge in [-0.1, -0.05) is 30.3 Å². The second kappa shape index (κ2) is 6.95. The lowest BCUT2D eigenvalue weighted by atomic mass is 9.92. The monoisotopic (exact) mass is 300 g/mol. The summed E-state index contributed by atoms with van der Waals surface area (Å²) < 4.78 is 0. The third-order valence-electron chi connectivity index (χ3n) is 4.86. The highest BCUT2D eigenvalue weighted by molar-refractivity contribution is 5.85. The molecule has 0 bridgehead atoms. The molecule has 2 heterocycles. The van der Waals surface area contributed by atoms with Crippen LogP contribution in [0.1, 0.15) is 43.6 Å². The summed E-state index contributed by atoms with van der Waals surface area (Å²) in [5.74, 6) is 0.673. The van der Waals surface area contributed by atoms with Crippen molar-refractivity contribution in [1.29, 1.82) is 0 Å². The molecule has 1 aromatic carbocycles. The van der Waals surface area contributed by atoms with Gasteiger partial charge in [-0.2, -0.15) is 0 Å². The Morgan fingerprint density at radius 1 is 1.05 bits per heavy atom. The molecule has 22 heavy (non-hydrogen) atoms. The quantitative estimate of drug-likeness (QED) is 0.860. The van der Waals surface area contributed by atoms with Crippen LogP contribution >= 0.6 is 0 Å². The third kappa shape index (κ3) is 3.49. The van der Waals surface area contributed by atoms with Gasteiger partial charge < -0.3 is 9.80 Å². The van der Waals surface area contributed by atoms with E-state index in [9.17, 15) is 9.59 Å². The van der Waals surface area contributed by atoms with Crippen LogP contribution in [0.4, 0.5) is 0 Å². The topological polar surface area (TPSA) is 40.6 Å². The van der Waals surface area contributed by atoms with E-state index in [4.69, 9.17) is 0 Å². The van der Waals surface area contributed by atoms with Crippen LogP contribution in [0, 0.1) is 0 Å². The van der Waals surface area contributed by atoms with E-state index >= 15 is 0 Å². The van der Waals surface area contributed by atoms with E-state index in [1.807, 2.05) is 11.0 Å². The fourth-order valence-electron chi connectivity index (χ4n) is 3.49. The zero-order valence-corrected chi connectivity index (χ0v) is 13.0. The van der Waals surface area contributed by atoms with Crippen LogP contribution in [0.25, 0.3) is 0 Å². The maximum absolute atomic E-state index is 12.3. The number of benzene rings is 1. The molecule has 0 N–H and O–H groups in total. The average molecular weight is 300 g/mol. The van der Waals surface area contributed by atoms with Crippen LogP contribution in [0.2, 0.25) is 0 Å². The van der Waals surface area contributed by atoms with E-state index in [1.54, 1.807) is 4.90 Å². The molecule has 2 fully saturated rings. The van der Waals surface area contributed by atoms with E-state index in [-0.39, 0.29) is 18.4 Å². The lowest BCUT2D eigenvalue weighted by Gasteiger charge is -2.23. The number of rotatable bonds is 3. The Kier molecular flexibility index (Phi) is 4.76. The summed E-state index contributed by atoms with van der Waals surface area (Å²) in [5.41, 5.74) is 1.31. The molecule has 4 heteroatoms. The van der Waals surface area contributed by atoms with E-state index in [0.29, 0.717) is 18.9 Å². The first kappa shape index (κ1) is 15.1. The molecule has 0 aliphatic carbocycles. The predicted octanol–water partition coefficient (Wildman–Crippen LogP) is 2.41. The number of hydrogen-bond donors (Lipinski definition) is 0. The maximum Gasteiger partial charge on any atom is 0.242 e. The van der Waals surface area contributed by atoms with Crippen molar-refractivity contribution in [3.8, 4) is 0 Å². The molecule has 0 aromatic heterocycles. The molecular weight excluding hydrogens is 276 g/mol. The summed E-state index contributed by atoms with van der Waals surface area (Å²) >= 11 is 0. The molecule has 3 rings (SSSR count). The lowest BCUT2D eigenvalue weighted by Crippen LogP contribution is -2.41. The molecule has 2 aliphatic heterocycles. The largest absolute Gasteiger partial charge is 0.341 e. The molecule has 1 aromatic rings. The first-order chi connectivity index (χ1) is 10.7. The molecule has 4 nitrogen and oxygen atoms in total. The van der Waals surface area contributed by atoms with Crippen molar-refractivity contribution in [3.05, 3.63) is 35.9 Å². The van der Waals surface area contributed by atoms with E-state index < -0.39 is 0 Å². The van der Waals surface area contributed by atoms with Gasteiger partial charge in [-0.25, -0.2) is 0 Å². The van der Waals surface area contributed by atoms with Gasteiger partial charge >= 0.3 is 0 Å². The van der Waals surface area contributed by atoms with Crippen molar-refractivity contribution in [2.24, 2.45) is 0 Å². The molecule has 2 amide bonds. The summed E-state index contributed by atoms with van der Waals surface area (Å²) in [6, 6.07) is 10.4. The number of carbonyl (C=O) groups is 2. The third-order valence-corrected chi connectivity index (χ3v) is 4.86. The van der Waals surface area contributed by atoms with Gasteiger partial charge in [0.25, 0.3) is 0 Å². The minimum Gasteiger partial charge on any atom is -0.341 e. The molecule has 1 unspecified atom stereocenters. The SMILES string of the molecule is O=C(CN1CCC(c2ccccc2)CCC1=O)N1CCCC1. The molecule has 118 valence electrons. The highest BCUT2D eigenvalue weighted by Crippen LogP contribution is 2.28. The van der Waals surface area contributed by atoms with Crippen LogP contribution < -0.4 is 0 Å².